The van der Waals surface area contributed by atoms with Gasteiger partial charge in [0.2, 0.25) is 0 Å². The molecule has 1 spiro atoms. The molecule has 2 rings (SSSR count). The average Bonchev–Trinajstić information content (AvgIpc) is 2.86. The maximum absolute atomic E-state index is 5.50. The smallest absolute Gasteiger partial charge is 0.0670 e. The Morgan fingerprint density at radius 2 is 2.00 bits per heavy atom. The van der Waals surface area contributed by atoms with Gasteiger partial charge < -0.3 is 10.1 Å². The molecule has 3 unspecified atom stereocenters. The molecule has 0 amide bonds. The molecule has 1 aliphatic heterocycles. The van der Waals surface area contributed by atoms with Crippen molar-refractivity contribution in [2.75, 3.05) is 26.7 Å². The Bertz CT molecular complexity index is 276. The van der Waals surface area contributed by atoms with Crippen molar-refractivity contribution >= 4 is 0 Å². The van der Waals surface area contributed by atoms with E-state index in [1.165, 1.54) is 38.6 Å². The number of hydrogen-bond acceptors (Lipinski definition) is 3. The molecule has 0 bridgehead atoms. The van der Waals surface area contributed by atoms with Crippen LogP contribution in [0.2, 0.25) is 0 Å². The predicted molar refractivity (Wildman–Crippen MR) is 80.5 cm³/mol. The molecule has 19 heavy (non-hydrogen) atoms. The Balaban J connectivity index is 2.04. The quantitative estimate of drug-likeness (QED) is 0.829. The van der Waals surface area contributed by atoms with Crippen molar-refractivity contribution in [2.24, 2.45) is 5.92 Å². The van der Waals surface area contributed by atoms with Crippen molar-refractivity contribution in [1.29, 1.82) is 0 Å². The number of rotatable bonds is 5. The van der Waals surface area contributed by atoms with Gasteiger partial charge in [0.25, 0.3) is 0 Å². The first-order valence-electron chi connectivity index (χ1n) is 8.12. The molecule has 1 aliphatic carbocycles. The van der Waals surface area contributed by atoms with E-state index in [9.17, 15) is 0 Å². The van der Waals surface area contributed by atoms with Crippen LogP contribution in [0.25, 0.3) is 0 Å². The highest BCUT2D eigenvalue weighted by Crippen LogP contribution is 2.34. The molecule has 112 valence electrons. The normalized spacial score (nSPS) is 30.6. The first-order chi connectivity index (χ1) is 9.10. The lowest BCUT2D eigenvalue weighted by Gasteiger charge is -2.49. The summed E-state index contributed by atoms with van der Waals surface area (Å²) >= 11 is 0. The Hall–Kier alpha value is -0.120. The third-order valence-corrected chi connectivity index (χ3v) is 5.42. The Labute approximate surface area is 119 Å². The van der Waals surface area contributed by atoms with E-state index in [1.54, 1.807) is 0 Å². The molecule has 2 aliphatic rings. The zero-order valence-corrected chi connectivity index (χ0v) is 13.2. The number of methoxy groups -OCH3 is 1. The van der Waals surface area contributed by atoms with Crippen molar-refractivity contribution in [3.05, 3.63) is 0 Å². The third kappa shape index (κ3) is 3.50. The lowest BCUT2D eigenvalue weighted by atomic mass is 9.87. The van der Waals surface area contributed by atoms with Crippen LogP contribution in [0.15, 0.2) is 0 Å². The van der Waals surface area contributed by atoms with E-state index in [1.807, 2.05) is 7.11 Å². The number of nitrogens with zero attached hydrogens (tertiary/aromatic N) is 1. The Morgan fingerprint density at radius 3 is 2.58 bits per heavy atom. The number of piperazine rings is 1. The van der Waals surface area contributed by atoms with Crippen LogP contribution in [0, 0.1) is 5.92 Å². The lowest BCUT2D eigenvalue weighted by Crippen LogP contribution is -2.65. The molecular weight excluding hydrogens is 236 g/mol. The topological polar surface area (TPSA) is 24.5 Å². The van der Waals surface area contributed by atoms with Crippen LogP contribution in [0.5, 0.6) is 0 Å². The molecule has 0 aromatic heterocycles. The van der Waals surface area contributed by atoms with E-state index in [-0.39, 0.29) is 0 Å². The highest BCUT2D eigenvalue weighted by Gasteiger charge is 2.42. The van der Waals surface area contributed by atoms with Gasteiger partial charge in [0, 0.05) is 38.3 Å². The lowest BCUT2D eigenvalue weighted by molar-refractivity contribution is 0.00506. The van der Waals surface area contributed by atoms with Crippen LogP contribution in [-0.2, 0) is 4.74 Å². The fourth-order valence-corrected chi connectivity index (χ4v) is 3.84. The summed E-state index contributed by atoms with van der Waals surface area (Å²) in [6, 6.07) is 0.675. The predicted octanol–water partition coefficient (Wildman–Crippen LogP) is 2.65. The summed E-state index contributed by atoms with van der Waals surface area (Å²) in [5.41, 5.74) is 0.414. The van der Waals surface area contributed by atoms with E-state index in [2.05, 4.69) is 31.0 Å². The molecule has 1 saturated carbocycles. The summed E-state index contributed by atoms with van der Waals surface area (Å²) in [6.45, 7) is 10.3. The zero-order valence-electron chi connectivity index (χ0n) is 13.2. The van der Waals surface area contributed by atoms with Crippen LogP contribution < -0.4 is 5.32 Å². The second-order valence-corrected chi connectivity index (χ2v) is 6.80. The van der Waals surface area contributed by atoms with Crippen LogP contribution >= 0.6 is 0 Å². The van der Waals surface area contributed by atoms with Crippen molar-refractivity contribution in [3.63, 3.8) is 0 Å². The van der Waals surface area contributed by atoms with E-state index in [4.69, 9.17) is 4.74 Å². The van der Waals surface area contributed by atoms with E-state index >= 15 is 0 Å². The Morgan fingerprint density at radius 1 is 1.32 bits per heavy atom. The van der Waals surface area contributed by atoms with Gasteiger partial charge in [-0.1, -0.05) is 33.1 Å². The maximum atomic E-state index is 5.50. The first-order valence-corrected chi connectivity index (χ1v) is 8.12. The van der Waals surface area contributed by atoms with Crippen LogP contribution in [0.3, 0.4) is 0 Å². The van der Waals surface area contributed by atoms with Crippen molar-refractivity contribution in [3.8, 4) is 0 Å². The molecule has 2 fully saturated rings. The number of ether oxygens (including phenoxy) is 1. The molecule has 3 nitrogen and oxygen atoms in total. The molecular formula is C16H32N2O. The second kappa shape index (κ2) is 6.55. The molecule has 1 saturated heterocycles. The molecule has 1 N–H and O–H groups in total. The Kier molecular flexibility index (Phi) is 5.27. The molecule has 3 atom stereocenters. The third-order valence-electron chi connectivity index (χ3n) is 5.42. The standard InChI is InChI=1S/C16H32N2O/c1-5-13(2)15-10-17-16(8-6-7-9-16)12-18(15)11-14(3)19-4/h13-15,17H,5-12H2,1-4H3. The van der Waals surface area contributed by atoms with E-state index < -0.39 is 0 Å². The van der Waals surface area contributed by atoms with Gasteiger partial charge in [-0.15, -0.1) is 0 Å². The maximum Gasteiger partial charge on any atom is 0.0670 e. The first kappa shape index (κ1) is 15.3. The van der Waals surface area contributed by atoms with Crippen molar-refractivity contribution in [2.45, 2.75) is 70.6 Å². The van der Waals surface area contributed by atoms with Gasteiger partial charge in [-0.05, 0) is 25.7 Å². The summed E-state index contributed by atoms with van der Waals surface area (Å²) in [4.78, 5) is 2.71. The molecule has 0 radical (unpaired) electrons. The summed E-state index contributed by atoms with van der Waals surface area (Å²) < 4.78 is 5.50. The minimum atomic E-state index is 0.336. The molecule has 0 aromatic rings. The SMILES string of the molecule is CCC(C)C1CNC2(CCCC2)CN1CC(C)OC. The van der Waals surface area contributed by atoms with Crippen molar-refractivity contribution in [1.82, 2.24) is 10.2 Å². The van der Waals surface area contributed by atoms with Crippen LogP contribution in [0.4, 0.5) is 0 Å². The monoisotopic (exact) mass is 268 g/mol. The van der Waals surface area contributed by atoms with Gasteiger partial charge >= 0.3 is 0 Å². The minimum Gasteiger partial charge on any atom is -0.380 e. The van der Waals surface area contributed by atoms with E-state index in [0.717, 1.165) is 19.0 Å². The van der Waals surface area contributed by atoms with Gasteiger partial charge in [0.1, 0.15) is 0 Å². The zero-order chi connectivity index (χ0) is 13.9. The van der Waals surface area contributed by atoms with Gasteiger partial charge in [-0.3, -0.25) is 4.90 Å². The summed E-state index contributed by atoms with van der Waals surface area (Å²) in [5.74, 6) is 0.760. The van der Waals surface area contributed by atoms with Crippen molar-refractivity contribution < 1.29 is 4.74 Å². The van der Waals surface area contributed by atoms with Gasteiger partial charge in [0.15, 0.2) is 0 Å². The molecule has 1 heterocycles. The van der Waals surface area contributed by atoms with E-state index in [0.29, 0.717) is 17.7 Å². The summed E-state index contributed by atoms with van der Waals surface area (Å²) in [5, 5.41) is 3.90. The fourth-order valence-electron chi connectivity index (χ4n) is 3.84. The van der Waals surface area contributed by atoms with Crippen LogP contribution in [-0.4, -0.2) is 49.3 Å². The second-order valence-electron chi connectivity index (χ2n) is 6.80. The summed E-state index contributed by atoms with van der Waals surface area (Å²) in [6.07, 6.45) is 7.11. The summed E-state index contributed by atoms with van der Waals surface area (Å²) in [7, 11) is 1.83. The largest absolute Gasteiger partial charge is 0.380 e. The number of hydrogen-bond donors (Lipinski definition) is 1. The molecule has 3 heteroatoms. The highest BCUT2D eigenvalue weighted by molar-refractivity contribution is 5.02. The number of nitrogens with one attached hydrogen (secondary N) is 1. The van der Waals surface area contributed by atoms with Crippen LogP contribution in [0.1, 0.15) is 52.9 Å². The average molecular weight is 268 g/mol. The molecule has 0 aromatic carbocycles. The highest BCUT2D eigenvalue weighted by atomic mass is 16.5. The van der Waals surface area contributed by atoms with Gasteiger partial charge in [-0.2, -0.15) is 0 Å². The fraction of sp³-hybridized carbons (Fsp3) is 1.00. The minimum absolute atomic E-state index is 0.336. The van der Waals surface area contributed by atoms with Gasteiger partial charge in [-0.25, -0.2) is 0 Å². The van der Waals surface area contributed by atoms with Gasteiger partial charge in [0.05, 0.1) is 6.10 Å².